The molecule has 27 heavy (non-hydrogen) atoms. The lowest BCUT2D eigenvalue weighted by atomic mass is 10.1. The predicted molar refractivity (Wildman–Crippen MR) is 105 cm³/mol. The van der Waals surface area contributed by atoms with Gasteiger partial charge >= 0.3 is 5.69 Å². The van der Waals surface area contributed by atoms with E-state index < -0.39 is 0 Å². The number of hydrogen-bond acceptors (Lipinski definition) is 3. The van der Waals surface area contributed by atoms with Crippen molar-refractivity contribution < 1.29 is 4.90 Å². The Bertz CT molecular complexity index is 1030. The van der Waals surface area contributed by atoms with Crippen molar-refractivity contribution >= 4 is 5.82 Å². The van der Waals surface area contributed by atoms with Crippen LogP contribution in [0.3, 0.4) is 0 Å². The summed E-state index contributed by atoms with van der Waals surface area (Å²) >= 11 is 0. The second kappa shape index (κ2) is 7.63. The number of anilines is 1. The highest BCUT2D eigenvalue weighted by molar-refractivity contribution is 5.44. The first-order valence-electron chi connectivity index (χ1n) is 9.22. The molecule has 0 bridgehead atoms. The van der Waals surface area contributed by atoms with Gasteiger partial charge in [0.05, 0.1) is 13.1 Å². The maximum absolute atomic E-state index is 12.4. The molecule has 0 saturated carbocycles. The van der Waals surface area contributed by atoms with Gasteiger partial charge in [-0.1, -0.05) is 60.7 Å². The van der Waals surface area contributed by atoms with Crippen molar-refractivity contribution in [2.45, 2.75) is 19.5 Å². The summed E-state index contributed by atoms with van der Waals surface area (Å²) in [5, 5.41) is 3.33. The van der Waals surface area contributed by atoms with Gasteiger partial charge in [-0.05, 0) is 11.1 Å². The Labute approximate surface area is 157 Å². The van der Waals surface area contributed by atoms with Crippen LogP contribution in [-0.2, 0) is 19.5 Å². The summed E-state index contributed by atoms with van der Waals surface area (Å²) in [6.45, 7) is 2.66. The van der Waals surface area contributed by atoms with E-state index in [1.165, 1.54) is 10.5 Å². The van der Waals surface area contributed by atoms with Gasteiger partial charge in [-0.2, -0.15) is 0 Å². The van der Waals surface area contributed by atoms with E-state index in [0.29, 0.717) is 31.1 Å². The molecule has 6 nitrogen and oxygen atoms in total. The molecule has 3 N–H and O–H groups in total. The van der Waals surface area contributed by atoms with E-state index in [1.54, 1.807) is 4.57 Å². The fraction of sp³-hybridized carbons (Fsp3) is 0.238. The van der Waals surface area contributed by atoms with Crippen LogP contribution in [0, 0.1) is 0 Å². The Morgan fingerprint density at radius 3 is 2.30 bits per heavy atom. The molecular weight excluding hydrogens is 340 g/mol. The van der Waals surface area contributed by atoms with Crippen LogP contribution >= 0.6 is 0 Å². The van der Waals surface area contributed by atoms with E-state index in [9.17, 15) is 9.59 Å². The predicted octanol–water partition coefficient (Wildman–Crippen LogP) is 0.595. The number of benzene rings is 2. The van der Waals surface area contributed by atoms with Crippen molar-refractivity contribution in [3.63, 3.8) is 0 Å². The zero-order valence-electron chi connectivity index (χ0n) is 15.1. The summed E-state index contributed by atoms with van der Waals surface area (Å²) in [7, 11) is 0. The normalized spacial score (nSPS) is 15.8. The van der Waals surface area contributed by atoms with Gasteiger partial charge in [0.25, 0.3) is 5.56 Å². The average molecular weight is 363 g/mol. The van der Waals surface area contributed by atoms with Gasteiger partial charge in [-0.3, -0.25) is 14.3 Å². The second-order valence-electron chi connectivity index (χ2n) is 6.92. The lowest BCUT2D eigenvalue weighted by Crippen LogP contribution is -3.13. The van der Waals surface area contributed by atoms with Crippen molar-refractivity contribution in [2.24, 2.45) is 0 Å². The van der Waals surface area contributed by atoms with Crippen LogP contribution in [0.4, 0.5) is 5.82 Å². The Morgan fingerprint density at radius 1 is 0.926 bits per heavy atom. The lowest BCUT2D eigenvalue weighted by Gasteiger charge is -2.28. The summed E-state index contributed by atoms with van der Waals surface area (Å²) in [5.74, 6) is 0.649. The molecule has 0 fully saturated rings. The zero-order valence-corrected chi connectivity index (χ0v) is 15.1. The minimum absolute atomic E-state index is 0.288. The van der Waals surface area contributed by atoms with Crippen molar-refractivity contribution in [3.05, 3.63) is 98.2 Å². The molecule has 0 radical (unpaired) electrons. The number of fused-ring (bicyclic) bond motifs is 1. The van der Waals surface area contributed by atoms with Gasteiger partial charge in [0.15, 0.2) is 6.67 Å². The van der Waals surface area contributed by atoms with E-state index in [4.69, 9.17) is 0 Å². The van der Waals surface area contributed by atoms with Gasteiger partial charge < -0.3 is 10.2 Å². The van der Waals surface area contributed by atoms with Crippen LogP contribution in [0.5, 0.6) is 0 Å². The summed E-state index contributed by atoms with van der Waals surface area (Å²) in [6.07, 6.45) is 0.953. The first-order chi connectivity index (χ1) is 13.2. The van der Waals surface area contributed by atoms with E-state index in [-0.39, 0.29) is 11.2 Å². The van der Waals surface area contributed by atoms with Crippen LogP contribution in [0.15, 0.2) is 70.3 Å². The second-order valence-corrected chi connectivity index (χ2v) is 6.92. The Balaban J connectivity index is 1.55. The number of rotatable bonds is 5. The third kappa shape index (κ3) is 3.85. The van der Waals surface area contributed by atoms with Crippen molar-refractivity contribution in [1.82, 2.24) is 9.55 Å². The molecule has 0 spiro atoms. The molecule has 0 saturated heterocycles. The molecule has 1 aliphatic rings. The molecule has 1 aliphatic heterocycles. The first-order valence-corrected chi connectivity index (χ1v) is 9.22. The molecule has 1 unspecified atom stereocenters. The molecular formula is C21H23N4O2+. The van der Waals surface area contributed by atoms with Crippen molar-refractivity contribution in [3.8, 4) is 0 Å². The van der Waals surface area contributed by atoms with Gasteiger partial charge in [0, 0.05) is 6.42 Å². The minimum Gasteiger partial charge on any atom is -0.324 e. The van der Waals surface area contributed by atoms with Crippen LogP contribution in [-0.4, -0.2) is 22.8 Å². The topological polar surface area (TPSA) is 71.3 Å². The largest absolute Gasteiger partial charge is 0.330 e. The average Bonchev–Trinajstić information content (AvgIpc) is 2.71. The highest BCUT2D eigenvalue weighted by Crippen LogP contribution is 2.12. The molecule has 4 rings (SSSR count). The van der Waals surface area contributed by atoms with Crippen LogP contribution in [0.25, 0.3) is 0 Å². The molecule has 6 heteroatoms. The minimum atomic E-state index is -0.372. The Kier molecular flexibility index (Phi) is 4.89. The van der Waals surface area contributed by atoms with Crippen molar-refractivity contribution in [1.29, 1.82) is 0 Å². The van der Waals surface area contributed by atoms with Crippen LogP contribution in [0.1, 0.15) is 16.7 Å². The molecule has 1 aromatic heterocycles. The van der Waals surface area contributed by atoms with Gasteiger partial charge in [0.2, 0.25) is 0 Å². The standard InChI is InChI=1S/C21H22N4O2/c26-20-18-14-24(12-11-16-7-3-1-4-8-16)15-22-19(18)25(21(27)23-20)13-17-9-5-2-6-10-17/h1-10,22H,11-15H2,(H,23,26,27)/p+1. The summed E-state index contributed by atoms with van der Waals surface area (Å²) < 4.78 is 1.63. The molecule has 1 atom stereocenters. The molecule has 2 heterocycles. The highest BCUT2D eigenvalue weighted by Gasteiger charge is 2.25. The number of nitrogens with zero attached hydrogens (tertiary/aromatic N) is 1. The summed E-state index contributed by atoms with van der Waals surface area (Å²) in [4.78, 5) is 28.5. The van der Waals surface area contributed by atoms with E-state index in [2.05, 4.69) is 22.4 Å². The number of aromatic nitrogens is 2. The van der Waals surface area contributed by atoms with E-state index >= 15 is 0 Å². The van der Waals surface area contributed by atoms with Crippen LogP contribution < -0.4 is 21.5 Å². The molecule has 3 aromatic rings. The van der Waals surface area contributed by atoms with Crippen molar-refractivity contribution in [2.75, 3.05) is 18.5 Å². The first kappa shape index (κ1) is 17.3. The number of quaternary nitrogens is 1. The fourth-order valence-corrected chi connectivity index (χ4v) is 3.56. The Hall–Kier alpha value is -3.12. The quantitative estimate of drug-likeness (QED) is 0.622. The number of nitrogens with one attached hydrogen (secondary N) is 3. The van der Waals surface area contributed by atoms with E-state index in [1.807, 2.05) is 48.5 Å². The molecule has 2 aromatic carbocycles. The number of H-pyrrole nitrogens is 1. The number of aromatic amines is 1. The molecule has 138 valence electrons. The maximum Gasteiger partial charge on any atom is 0.330 e. The van der Waals surface area contributed by atoms with Gasteiger partial charge in [0.1, 0.15) is 17.9 Å². The van der Waals surface area contributed by atoms with E-state index in [0.717, 1.165) is 18.5 Å². The zero-order chi connectivity index (χ0) is 18.6. The third-order valence-electron chi connectivity index (χ3n) is 5.02. The Morgan fingerprint density at radius 2 is 1.59 bits per heavy atom. The SMILES string of the molecule is O=c1[nH]c(=O)n(Cc2ccccc2)c2c1C[NH+](CCc1ccccc1)CN2. The third-order valence-corrected chi connectivity index (χ3v) is 5.02. The summed E-state index contributed by atoms with van der Waals surface area (Å²) in [6, 6.07) is 20.1. The van der Waals surface area contributed by atoms with Crippen LogP contribution in [0.2, 0.25) is 0 Å². The lowest BCUT2D eigenvalue weighted by molar-refractivity contribution is -0.912. The van der Waals surface area contributed by atoms with Gasteiger partial charge in [-0.15, -0.1) is 0 Å². The summed E-state index contributed by atoms with van der Waals surface area (Å²) in [5.41, 5.74) is 2.31. The monoisotopic (exact) mass is 363 g/mol. The molecule has 0 aliphatic carbocycles. The fourth-order valence-electron chi connectivity index (χ4n) is 3.56. The van der Waals surface area contributed by atoms with Gasteiger partial charge in [-0.25, -0.2) is 4.79 Å². The maximum atomic E-state index is 12.4. The molecule has 0 amide bonds. The number of hydrogen-bond donors (Lipinski definition) is 3. The smallest absolute Gasteiger partial charge is 0.324 e. The highest BCUT2D eigenvalue weighted by atomic mass is 16.2.